The van der Waals surface area contributed by atoms with Gasteiger partial charge in [-0.05, 0) is 19.1 Å². The second-order valence-corrected chi connectivity index (χ2v) is 3.63. The van der Waals surface area contributed by atoms with Crippen molar-refractivity contribution < 1.29 is 24.2 Å². The van der Waals surface area contributed by atoms with Gasteiger partial charge in [-0.2, -0.15) is 0 Å². The lowest BCUT2D eigenvalue weighted by Crippen LogP contribution is -2.49. The van der Waals surface area contributed by atoms with E-state index < -0.39 is 30.0 Å². The molecule has 0 aliphatic heterocycles. The predicted molar refractivity (Wildman–Crippen MR) is 61.7 cm³/mol. The lowest BCUT2D eigenvalue weighted by Gasteiger charge is -2.17. The van der Waals surface area contributed by atoms with Gasteiger partial charge in [-0.25, -0.2) is 14.0 Å². The Morgan fingerprint density at radius 3 is 2.44 bits per heavy atom. The highest BCUT2D eigenvalue weighted by molar-refractivity contribution is 5.92. The molecular weight excluding hydrogens is 243 g/mol. The van der Waals surface area contributed by atoms with Gasteiger partial charge in [0.15, 0.2) is 6.04 Å². The number of aliphatic carboxylic acids is 1. The van der Waals surface area contributed by atoms with Gasteiger partial charge < -0.3 is 20.8 Å². The normalized spacial score (nSPS) is 13.5. The summed E-state index contributed by atoms with van der Waals surface area (Å²) in [5, 5.41) is 22.1. The Bertz CT molecular complexity index is 450. The molecule has 0 saturated heterocycles. The van der Waals surface area contributed by atoms with E-state index in [1.165, 1.54) is 25.1 Å². The third-order valence-corrected chi connectivity index (χ3v) is 2.16. The molecule has 2 atom stereocenters. The summed E-state index contributed by atoms with van der Waals surface area (Å²) < 4.78 is 13.2. The van der Waals surface area contributed by atoms with E-state index in [9.17, 15) is 14.0 Å². The average Bonchev–Trinajstić information content (AvgIpc) is 2.28. The van der Waals surface area contributed by atoms with Gasteiger partial charge in [0, 0.05) is 0 Å². The van der Waals surface area contributed by atoms with Gasteiger partial charge in [0.2, 0.25) is 0 Å². The predicted octanol–water partition coefficient (Wildman–Crippen LogP) is 0.781. The first-order valence-corrected chi connectivity index (χ1v) is 5.14. The van der Waals surface area contributed by atoms with Crippen molar-refractivity contribution in [1.29, 1.82) is 0 Å². The van der Waals surface area contributed by atoms with Gasteiger partial charge in [-0.1, -0.05) is 12.1 Å². The second-order valence-electron chi connectivity index (χ2n) is 3.63. The number of hydrogen-bond donors (Lipinski definition) is 4. The van der Waals surface area contributed by atoms with Crippen molar-refractivity contribution in [2.24, 2.45) is 0 Å². The van der Waals surface area contributed by atoms with Crippen molar-refractivity contribution in [2.45, 2.75) is 19.1 Å². The van der Waals surface area contributed by atoms with Gasteiger partial charge in [-0.3, -0.25) is 0 Å². The minimum Gasteiger partial charge on any atom is -0.480 e. The molecule has 7 heteroatoms. The number of urea groups is 1. The van der Waals surface area contributed by atoms with E-state index in [4.69, 9.17) is 10.2 Å². The Kier molecular flexibility index (Phi) is 4.61. The third-order valence-electron chi connectivity index (χ3n) is 2.16. The summed E-state index contributed by atoms with van der Waals surface area (Å²) in [6.07, 6.45) is -1.27. The van der Waals surface area contributed by atoms with Crippen LogP contribution in [0, 0.1) is 5.82 Å². The zero-order valence-corrected chi connectivity index (χ0v) is 9.55. The molecule has 0 radical (unpaired) electrons. The molecule has 18 heavy (non-hydrogen) atoms. The largest absolute Gasteiger partial charge is 0.480 e. The fraction of sp³-hybridized carbons (Fsp3) is 0.273. The summed E-state index contributed by atoms with van der Waals surface area (Å²) in [4.78, 5) is 22.1. The van der Waals surface area contributed by atoms with Crippen molar-refractivity contribution >= 4 is 17.7 Å². The van der Waals surface area contributed by atoms with Crippen molar-refractivity contribution in [2.75, 3.05) is 5.32 Å². The number of anilines is 1. The third kappa shape index (κ3) is 3.70. The van der Waals surface area contributed by atoms with Gasteiger partial charge in [0.25, 0.3) is 0 Å². The van der Waals surface area contributed by atoms with E-state index in [1.54, 1.807) is 0 Å². The molecular formula is C11H13FN2O4. The Hall–Kier alpha value is -2.15. The minimum atomic E-state index is -1.46. The number of nitrogens with one attached hydrogen (secondary N) is 2. The molecule has 0 aromatic heterocycles. The van der Waals surface area contributed by atoms with Crippen LogP contribution in [0.1, 0.15) is 6.92 Å². The van der Waals surface area contributed by atoms with Gasteiger partial charge in [-0.15, -0.1) is 0 Å². The number of carboxylic acid groups (broad SMARTS) is 1. The maximum atomic E-state index is 13.2. The van der Waals surface area contributed by atoms with Crippen molar-refractivity contribution in [1.82, 2.24) is 5.32 Å². The van der Waals surface area contributed by atoms with Crippen LogP contribution in [0.2, 0.25) is 0 Å². The lowest BCUT2D eigenvalue weighted by molar-refractivity contribution is -0.141. The Balaban J connectivity index is 2.67. The monoisotopic (exact) mass is 256 g/mol. The molecule has 2 unspecified atom stereocenters. The van der Waals surface area contributed by atoms with E-state index >= 15 is 0 Å². The Morgan fingerprint density at radius 1 is 1.33 bits per heavy atom. The summed E-state index contributed by atoms with van der Waals surface area (Å²) in [5.41, 5.74) is -0.0790. The van der Waals surface area contributed by atoms with Gasteiger partial charge in [0.05, 0.1) is 11.8 Å². The SMILES string of the molecule is CC(O)C(NC(=O)Nc1ccccc1F)C(=O)O. The molecule has 98 valence electrons. The molecule has 0 fully saturated rings. The van der Waals surface area contributed by atoms with Crippen LogP contribution in [0.25, 0.3) is 0 Å². The molecule has 1 rings (SSSR count). The summed E-state index contributed by atoms with van der Waals surface area (Å²) in [6, 6.07) is 3.08. The average molecular weight is 256 g/mol. The minimum absolute atomic E-state index is 0.0790. The summed E-state index contributed by atoms with van der Waals surface area (Å²) in [5.74, 6) is -2.02. The number of carboxylic acids is 1. The van der Waals surface area contributed by atoms with Crippen molar-refractivity contribution in [3.8, 4) is 0 Å². The highest BCUT2D eigenvalue weighted by Crippen LogP contribution is 2.12. The number of benzene rings is 1. The number of carbonyl (C=O) groups is 2. The number of halogens is 1. The van der Waals surface area contributed by atoms with Crippen LogP contribution in [0.5, 0.6) is 0 Å². The highest BCUT2D eigenvalue weighted by Gasteiger charge is 2.25. The summed E-state index contributed by atoms with van der Waals surface area (Å²) >= 11 is 0. The maximum absolute atomic E-state index is 13.2. The number of carbonyl (C=O) groups excluding carboxylic acids is 1. The first-order valence-electron chi connectivity index (χ1n) is 5.14. The molecule has 0 aliphatic carbocycles. The number of amides is 2. The van der Waals surface area contributed by atoms with E-state index in [2.05, 4.69) is 5.32 Å². The second kappa shape index (κ2) is 5.97. The number of para-hydroxylation sites is 1. The number of hydrogen-bond acceptors (Lipinski definition) is 3. The topological polar surface area (TPSA) is 98.7 Å². The number of rotatable bonds is 4. The number of aliphatic hydroxyl groups excluding tert-OH is 1. The van der Waals surface area contributed by atoms with Crippen molar-refractivity contribution in [3.05, 3.63) is 30.1 Å². The van der Waals surface area contributed by atoms with Crippen LogP contribution in [0.4, 0.5) is 14.9 Å². The summed E-state index contributed by atoms with van der Waals surface area (Å²) in [7, 11) is 0. The smallest absolute Gasteiger partial charge is 0.328 e. The van der Waals surface area contributed by atoms with Crippen LogP contribution >= 0.6 is 0 Å². The van der Waals surface area contributed by atoms with E-state index in [-0.39, 0.29) is 5.69 Å². The van der Waals surface area contributed by atoms with Crippen LogP contribution < -0.4 is 10.6 Å². The molecule has 0 heterocycles. The maximum Gasteiger partial charge on any atom is 0.328 e. The quantitative estimate of drug-likeness (QED) is 0.639. The first-order chi connectivity index (χ1) is 8.41. The van der Waals surface area contributed by atoms with Crippen LogP contribution in [-0.2, 0) is 4.79 Å². The van der Waals surface area contributed by atoms with E-state index in [0.717, 1.165) is 6.07 Å². The zero-order chi connectivity index (χ0) is 13.7. The molecule has 0 saturated carbocycles. The molecule has 0 bridgehead atoms. The van der Waals surface area contributed by atoms with E-state index in [0.29, 0.717) is 0 Å². The summed E-state index contributed by atoms with van der Waals surface area (Å²) in [6.45, 7) is 1.22. The molecule has 4 N–H and O–H groups in total. The number of aliphatic hydroxyl groups is 1. The fourth-order valence-electron chi connectivity index (χ4n) is 1.25. The molecule has 6 nitrogen and oxygen atoms in total. The highest BCUT2D eigenvalue weighted by atomic mass is 19.1. The Labute approximate surface area is 102 Å². The van der Waals surface area contributed by atoms with Crippen LogP contribution in [0.3, 0.4) is 0 Å². The first kappa shape index (κ1) is 13.9. The van der Waals surface area contributed by atoms with Gasteiger partial charge in [0.1, 0.15) is 5.82 Å². The molecule has 0 spiro atoms. The molecule has 2 amide bonds. The standard InChI is InChI=1S/C11H13FN2O4/c1-6(15)9(10(16)17)14-11(18)13-8-5-3-2-4-7(8)12/h2-6,9,15H,1H3,(H,16,17)(H2,13,14,18). The lowest BCUT2D eigenvalue weighted by atomic mass is 10.2. The van der Waals surface area contributed by atoms with Crippen molar-refractivity contribution in [3.63, 3.8) is 0 Å². The zero-order valence-electron chi connectivity index (χ0n) is 9.55. The Morgan fingerprint density at radius 2 is 1.94 bits per heavy atom. The fourth-order valence-corrected chi connectivity index (χ4v) is 1.25. The van der Waals surface area contributed by atoms with Crippen LogP contribution in [-0.4, -0.2) is 34.4 Å². The van der Waals surface area contributed by atoms with Gasteiger partial charge >= 0.3 is 12.0 Å². The molecule has 0 aliphatic rings. The van der Waals surface area contributed by atoms with Crippen LogP contribution in [0.15, 0.2) is 24.3 Å². The molecule has 1 aromatic carbocycles. The molecule has 1 aromatic rings. The van der Waals surface area contributed by atoms with E-state index in [1.807, 2.05) is 5.32 Å².